The van der Waals surface area contributed by atoms with Crippen LogP contribution in [0.25, 0.3) is 11.0 Å². The number of benzene rings is 1. The fourth-order valence-corrected chi connectivity index (χ4v) is 3.27. The van der Waals surface area contributed by atoms with Gasteiger partial charge in [0, 0.05) is 19.1 Å². The molecule has 1 saturated carbocycles. The van der Waals surface area contributed by atoms with E-state index in [0.717, 1.165) is 30.2 Å². The quantitative estimate of drug-likeness (QED) is 0.931. The van der Waals surface area contributed by atoms with Gasteiger partial charge in [0.15, 0.2) is 0 Å². The summed E-state index contributed by atoms with van der Waals surface area (Å²) in [6.45, 7) is 4.06. The third kappa shape index (κ3) is 2.52. The number of imidazole rings is 1. The summed E-state index contributed by atoms with van der Waals surface area (Å²) in [6, 6.07) is 7.07. The molecule has 1 aliphatic carbocycles. The van der Waals surface area contributed by atoms with E-state index in [4.69, 9.17) is 5.73 Å². The first kappa shape index (κ1) is 13.4. The van der Waals surface area contributed by atoms with E-state index in [1.807, 2.05) is 0 Å². The van der Waals surface area contributed by atoms with E-state index in [2.05, 4.69) is 46.6 Å². The molecule has 20 heavy (non-hydrogen) atoms. The monoisotopic (exact) mass is 272 g/mol. The summed E-state index contributed by atoms with van der Waals surface area (Å²) < 4.78 is 2.15. The number of hydrogen-bond acceptors (Lipinski definition) is 3. The van der Waals surface area contributed by atoms with Gasteiger partial charge in [0.1, 0.15) is 0 Å². The number of nitrogen functional groups attached to an aromatic ring is 1. The highest BCUT2D eigenvalue weighted by Gasteiger charge is 2.19. The molecule has 0 unspecified atom stereocenters. The fourth-order valence-electron chi connectivity index (χ4n) is 3.27. The number of nitrogens with zero attached hydrogens (tertiary/aromatic N) is 3. The van der Waals surface area contributed by atoms with Crippen molar-refractivity contribution in [3.05, 3.63) is 23.8 Å². The molecule has 4 nitrogen and oxygen atoms in total. The van der Waals surface area contributed by atoms with Crippen LogP contribution in [0.1, 0.15) is 31.2 Å². The molecule has 4 heteroatoms. The predicted molar refractivity (Wildman–Crippen MR) is 83.8 cm³/mol. The lowest BCUT2D eigenvalue weighted by Gasteiger charge is -2.24. The van der Waals surface area contributed by atoms with Crippen molar-refractivity contribution >= 4 is 17.0 Å². The van der Waals surface area contributed by atoms with Gasteiger partial charge in [-0.2, -0.15) is 0 Å². The smallest absolute Gasteiger partial charge is 0.201 e. The molecule has 0 atom stereocenters. The molecule has 1 aliphatic rings. The number of nitrogens with two attached hydrogens (primary N) is 1. The Hall–Kier alpha value is -1.55. The van der Waals surface area contributed by atoms with Crippen molar-refractivity contribution < 1.29 is 0 Å². The van der Waals surface area contributed by atoms with Crippen molar-refractivity contribution in [1.82, 2.24) is 14.5 Å². The first-order valence-electron chi connectivity index (χ1n) is 7.58. The zero-order chi connectivity index (χ0) is 14.1. The van der Waals surface area contributed by atoms with Crippen LogP contribution in [0.15, 0.2) is 18.2 Å². The van der Waals surface area contributed by atoms with Crippen molar-refractivity contribution in [2.24, 2.45) is 0 Å². The molecule has 0 saturated heterocycles. The Kier molecular flexibility index (Phi) is 3.66. The maximum atomic E-state index is 6.08. The molecule has 3 rings (SSSR count). The molecule has 0 radical (unpaired) electrons. The summed E-state index contributed by atoms with van der Waals surface area (Å²) in [5.74, 6) is 0.630. The van der Waals surface area contributed by atoms with E-state index in [1.165, 1.54) is 31.2 Å². The van der Waals surface area contributed by atoms with Crippen LogP contribution in [-0.2, 0) is 6.54 Å². The molecular formula is C16H24N4. The Morgan fingerprint density at radius 3 is 2.85 bits per heavy atom. The van der Waals surface area contributed by atoms with Gasteiger partial charge in [-0.3, -0.25) is 0 Å². The fraction of sp³-hybridized carbons (Fsp3) is 0.562. The maximum absolute atomic E-state index is 6.08. The zero-order valence-corrected chi connectivity index (χ0v) is 12.5. The molecule has 1 aromatic carbocycles. The van der Waals surface area contributed by atoms with Gasteiger partial charge in [0.2, 0.25) is 5.95 Å². The second kappa shape index (κ2) is 5.44. The molecule has 2 aromatic rings. The number of aryl methyl sites for hydroxylation is 1. The molecule has 0 aliphatic heterocycles. The van der Waals surface area contributed by atoms with E-state index in [-0.39, 0.29) is 0 Å². The number of anilines is 1. The van der Waals surface area contributed by atoms with Gasteiger partial charge in [0.25, 0.3) is 0 Å². The van der Waals surface area contributed by atoms with E-state index < -0.39 is 0 Å². The Morgan fingerprint density at radius 2 is 2.10 bits per heavy atom. The minimum atomic E-state index is 0.630. The lowest BCUT2D eigenvalue weighted by atomic mass is 10.2. The molecule has 108 valence electrons. The molecule has 1 heterocycles. The SMILES string of the molecule is Cc1ccc2nc(N)n(CCN(C)C3CCCC3)c2c1. The van der Waals surface area contributed by atoms with Gasteiger partial charge in [-0.1, -0.05) is 18.9 Å². The van der Waals surface area contributed by atoms with Crippen molar-refractivity contribution in [2.75, 3.05) is 19.3 Å². The summed E-state index contributed by atoms with van der Waals surface area (Å²) in [4.78, 5) is 6.93. The van der Waals surface area contributed by atoms with Gasteiger partial charge >= 0.3 is 0 Å². The van der Waals surface area contributed by atoms with Crippen molar-refractivity contribution in [3.8, 4) is 0 Å². The van der Waals surface area contributed by atoms with Crippen LogP contribution in [-0.4, -0.2) is 34.1 Å². The van der Waals surface area contributed by atoms with Crippen LogP contribution in [0, 0.1) is 6.92 Å². The summed E-state index contributed by atoms with van der Waals surface area (Å²) in [5, 5.41) is 0. The van der Waals surface area contributed by atoms with E-state index in [9.17, 15) is 0 Å². The number of likely N-dealkylation sites (N-methyl/N-ethyl adjacent to an activating group) is 1. The molecule has 1 aromatic heterocycles. The molecule has 0 amide bonds. The van der Waals surface area contributed by atoms with Crippen molar-refractivity contribution in [3.63, 3.8) is 0 Å². The van der Waals surface area contributed by atoms with Gasteiger partial charge in [-0.15, -0.1) is 0 Å². The normalized spacial score (nSPS) is 16.6. The van der Waals surface area contributed by atoms with Gasteiger partial charge in [-0.05, 0) is 44.5 Å². The van der Waals surface area contributed by atoms with Crippen LogP contribution in [0.2, 0.25) is 0 Å². The van der Waals surface area contributed by atoms with Crippen LogP contribution in [0.4, 0.5) is 5.95 Å². The number of hydrogen-bond donors (Lipinski definition) is 1. The zero-order valence-electron chi connectivity index (χ0n) is 12.5. The van der Waals surface area contributed by atoms with E-state index >= 15 is 0 Å². The van der Waals surface area contributed by atoms with Crippen molar-refractivity contribution in [2.45, 2.75) is 45.2 Å². The Bertz CT molecular complexity index is 596. The number of fused-ring (bicyclic) bond motifs is 1. The lowest BCUT2D eigenvalue weighted by molar-refractivity contribution is 0.238. The Labute approximate surface area is 120 Å². The number of aromatic nitrogens is 2. The summed E-state index contributed by atoms with van der Waals surface area (Å²) >= 11 is 0. The minimum Gasteiger partial charge on any atom is -0.369 e. The highest BCUT2D eigenvalue weighted by atomic mass is 15.2. The standard InChI is InChI=1S/C16H24N4/c1-12-7-8-14-15(11-12)20(16(17)18-14)10-9-19(2)13-5-3-4-6-13/h7-8,11,13H,3-6,9-10H2,1-2H3,(H2,17,18). The third-order valence-electron chi connectivity index (χ3n) is 4.56. The van der Waals surface area contributed by atoms with Gasteiger partial charge in [0.05, 0.1) is 11.0 Å². The summed E-state index contributed by atoms with van der Waals surface area (Å²) in [5.41, 5.74) is 9.48. The molecular weight excluding hydrogens is 248 g/mol. The molecule has 0 spiro atoms. The molecule has 2 N–H and O–H groups in total. The molecule has 0 bridgehead atoms. The topological polar surface area (TPSA) is 47.1 Å². The second-order valence-corrected chi connectivity index (χ2v) is 6.03. The lowest BCUT2D eigenvalue weighted by Crippen LogP contribution is -2.32. The van der Waals surface area contributed by atoms with Gasteiger partial charge < -0.3 is 15.2 Å². The second-order valence-electron chi connectivity index (χ2n) is 6.03. The van der Waals surface area contributed by atoms with Crippen molar-refractivity contribution in [1.29, 1.82) is 0 Å². The third-order valence-corrected chi connectivity index (χ3v) is 4.56. The highest BCUT2D eigenvalue weighted by molar-refractivity contribution is 5.79. The Balaban J connectivity index is 1.76. The first-order chi connectivity index (χ1) is 9.65. The minimum absolute atomic E-state index is 0.630. The maximum Gasteiger partial charge on any atom is 0.201 e. The van der Waals surface area contributed by atoms with Crippen LogP contribution in [0.5, 0.6) is 0 Å². The summed E-state index contributed by atoms with van der Waals surface area (Å²) in [6.07, 6.45) is 5.44. The van der Waals surface area contributed by atoms with E-state index in [0.29, 0.717) is 5.95 Å². The van der Waals surface area contributed by atoms with Crippen LogP contribution < -0.4 is 5.73 Å². The predicted octanol–water partition coefficient (Wildman–Crippen LogP) is 2.80. The average Bonchev–Trinajstić information content (AvgIpc) is 3.04. The van der Waals surface area contributed by atoms with E-state index in [1.54, 1.807) is 0 Å². The average molecular weight is 272 g/mol. The summed E-state index contributed by atoms with van der Waals surface area (Å²) in [7, 11) is 2.23. The first-order valence-corrected chi connectivity index (χ1v) is 7.58. The van der Waals surface area contributed by atoms with Crippen LogP contribution in [0.3, 0.4) is 0 Å². The molecule has 1 fully saturated rings. The highest BCUT2D eigenvalue weighted by Crippen LogP contribution is 2.23. The number of rotatable bonds is 4. The largest absolute Gasteiger partial charge is 0.369 e. The Morgan fingerprint density at radius 1 is 1.35 bits per heavy atom. The van der Waals surface area contributed by atoms with Gasteiger partial charge in [-0.25, -0.2) is 4.98 Å². The van der Waals surface area contributed by atoms with Crippen LogP contribution >= 0.6 is 0 Å².